The number of rotatable bonds is 2. The fourth-order valence-electron chi connectivity index (χ4n) is 4.21. The van der Waals surface area contributed by atoms with Crippen LogP contribution in [0.25, 0.3) is 44.3 Å². The van der Waals surface area contributed by atoms with E-state index in [1.807, 2.05) is 35.5 Å². The summed E-state index contributed by atoms with van der Waals surface area (Å²) in [5, 5.41) is 7.31. The molecule has 0 amide bonds. The largest absolute Gasteiger partial charge is 0.330 e. The topological polar surface area (TPSA) is 44.8 Å². The van der Waals surface area contributed by atoms with Gasteiger partial charge in [-0.2, -0.15) is 5.10 Å². The van der Waals surface area contributed by atoms with Gasteiger partial charge in [0.05, 0.1) is 16.2 Å². The van der Waals surface area contributed by atoms with E-state index in [-0.39, 0.29) is 5.56 Å². The highest BCUT2D eigenvalue weighted by molar-refractivity contribution is 6.36. The maximum Gasteiger partial charge on any atom is 0.259 e. The number of pyridine rings is 1. The van der Waals surface area contributed by atoms with Crippen molar-refractivity contribution in [3.8, 4) is 22.4 Å². The van der Waals surface area contributed by atoms with Crippen molar-refractivity contribution in [2.24, 2.45) is 21.1 Å². The Kier molecular flexibility index (Phi) is 4.27. The smallest absolute Gasteiger partial charge is 0.259 e. The van der Waals surface area contributed by atoms with Crippen LogP contribution >= 0.6 is 23.2 Å². The van der Waals surface area contributed by atoms with Crippen molar-refractivity contribution >= 4 is 45.1 Å². The fourth-order valence-corrected chi connectivity index (χ4v) is 4.72. The molecule has 5 nitrogen and oxygen atoms in total. The second kappa shape index (κ2) is 6.76. The molecule has 150 valence electrons. The second-order valence-electron chi connectivity index (χ2n) is 7.41. The van der Waals surface area contributed by atoms with Crippen molar-refractivity contribution in [1.82, 2.24) is 18.9 Å². The molecule has 30 heavy (non-hydrogen) atoms. The van der Waals surface area contributed by atoms with Gasteiger partial charge in [0.2, 0.25) is 0 Å². The van der Waals surface area contributed by atoms with Crippen molar-refractivity contribution in [2.45, 2.75) is 0 Å². The Morgan fingerprint density at radius 2 is 1.63 bits per heavy atom. The number of aryl methyl sites for hydroxylation is 3. The van der Waals surface area contributed by atoms with Crippen LogP contribution in [0.5, 0.6) is 0 Å². The second-order valence-corrected chi connectivity index (χ2v) is 8.26. The molecule has 2 aromatic carbocycles. The lowest BCUT2D eigenvalue weighted by atomic mass is 10.0. The molecule has 5 rings (SSSR count). The van der Waals surface area contributed by atoms with Gasteiger partial charge in [0.15, 0.2) is 0 Å². The van der Waals surface area contributed by atoms with Crippen molar-refractivity contribution in [2.75, 3.05) is 0 Å². The Hall–Kier alpha value is -3.02. The summed E-state index contributed by atoms with van der Waals surface area (Å²) in [7, 11) is 5.69. The van der Waals surface area contributed by atoms with E-state index in [2.05, 4.69) is 23.3 Å². The number of hydrogen-bond acceptors (Lipinski definition) is 2. The van der Waals surface area contributed by atoms with Gasteiger partial charge < -0.3 is 4.57 Å². The first-order valence-electron chi connectivity index (χ1n) is 9.43. The average Bonchev–Trinajstić information content (AvgIpc) is 3.26. The number of benzene rings is 2. The first-order valence-corrected chi connectivity index (χ1v) is 10.2. The molecule has 0 fully saturated rings. The molecule has 3 aromatic heterocycles. The molecule has 0 aliphatic carbocycles. The lowest BCUT2D eigenvalue weighted by molar-refractivity contribution is 0.776. The molecule has 0 spiro atoms. The lowest BCUT2D eigenvalue weighted by Gasteiger charge is -2.09. The zero-order chi connectivity index (χ0) is 21.2. The van der Waals surface area contributed by atoms with Crippen LogP contribution in [0.15, 0.2) is 59.5 Å². The predicted octanol–water partition coefficient (Wildman–Crippen LogP) is 5.40. The van der Waals surface area contributed by atoms with E-state index >= 15 is 0 Å². The maximum absolute atomic E-state index is 13.2. The molecule has 7 heteroatoms. The van der Waals surface area contributed by atoms with Crippen LogP contribution in [0.2, 0.25) is 10.0 Å². The van der Waals surface area contributed by atoms with Gasteiger partial charge in [0.1, 0.15) is 5.65 Å². The lowest BCUT2D eigenvalue weighted by Crippen LogP contribution is -2.20. The maximum atomic E-state index is 13.2. The van der Waals surface area contributed by atoms with Gasteiger partial charge in [0, 0.05) is 59.8 Å². The highest BCUT2D eigenvalue weighted by Gasteiger charge is 2.18. The average molecular weight is 437 g/mol. The van der Waals surface area contributed by atoms with E-state index in [1.54, 1.807) is 36.0 Å². The van der Waals surface area contributed by atoms with Crippen molar-refractivity contribution in [3.05, 3.63) is 75.1 Å². The van der Waals surface area contributed by atoms with Gasteiger partial charge in [0.25, 0.3) is 5.56 Å². The number of hydrogen-bond donors (Lipinski definition) is 0. The van der Waals surface area contributed by atoms with Crippen molar-refractivity contribution in [1.29, 1.82) is 0 Å². The Morgan fingerprint density at radius 3 is 2.33 bits per heavy atom. The van der Waals surface area contributed by atoms with Gasteiger partial charge in [-0.05, 0) is 36.4 Å². The molecule has 0 aliphatic rings. The minimum absolute atomic E-state index is 0.107. The van der Waals surface area contributed by atoms with E-state index < -0.39 is 0 Å². The molecular weight excluding hydrogens is 419 g/mol. The minimum Gasteiger partial charge on any atom is -0.330 e. The molecule has 0 saturated carbocycles. The molecule has 0 atom stereocenters. The van der Waals surface area contributed by atoms with Crippen LogP contribution in [-0.2, 0) is 21.1 Å². The third kappa shape index (κ3) is 2.70. The Balaban J connectivity index is 1.87. The summed E-state index contributed by atoms with van der Waals surface area (Å²) >= 11 is 12.5. The number of fused-ring (bicyclic) bond motifs is 3. The molecule has 0 unspecified atom stereocenters. The predicted molar refractivity (Wildman–Crippen MR) is 123 cm³/mol. The van der Waals surface area contributed by atoms with Crippen LogP contribution in [0, 0.1) is 0 Å². The minimum atomic E-state index is -0.107. The molecule has 5 aromatic rings. The zero-order valence-corrected chi connectivity index (χ0v) is 18.2. The quantitative estimate of drug-likeness (QED) is 0.371. The Bertz CT molecular complexity index is 1520. The van der Waals surface area contributed by atoms with Gasteiger partial charge in [-0.15, -0.1) is 0 Å². The third-order valence-corrected chi connectivity index (χ3v) is 6.23. The monoisotopic (exact) mass is 436 g/mol. The van der Waals surface area contributed by atoms with Gasteiger partial charge in [-0.25, -0.2) is 0 Å². The van der Waals surface area contributed by atoms with Crippen LogP contribution in [0.1, 0.15) is 0 Å². The number of nitrogens with zero attached hydrogens (tertiary/aromatic N) is 4. The standard InChI is InChI=1S/C23H18Cl2N4O/c1-27-21-7-4-13(20-8-9-26-29(20)3)10-16(21)17-12-18(23(30)28(2)22(17)27)15-6-5-14(24)11-19(15)25/h4-12H,1-3H3. The number of halogens is 2. The summed E-state index contributed by atoms with van der Waals surface area (Å²) in [5.41, 5.74) is 5.10. The van der Waals surface area contributed by atoms with Gasteiger partial charge in [-0.3, -0.25) is 14.0 Å². The third-order valence-electron chi connectivity index (χ3n) is 5.69. The summed E-state index contributed by atoms with van der Waals surface area (Å²) in [6.45, 7) is 0. The molecule has 0 bridgehead atoms. The summed E-state index contributed by atoms with van der Waals surface area (Å²) in [5.74, 6) is 0. The van der Waals surface area contributed by atoms with E-state index in [1.165, 1.54) is 0 Å². The molecule has 3 heterocycles. The first-order chi connectivity index (χ1) is 14.4. The highest BCUT2D eigenvalue weighted by Crippen LogP contribution is 2.35. The van der Waals surface area contributed by atoms with Crippen LogP contribution in [-0.4, -0.2) is 18.9 Å². The molecule has 0 saturated heterocycles. The summed E-state index contributed by atoms with van der Waals surface area (Å²) in [6.07, 6.45) is 1.78. The molecular formula is C23H18Cl2N4O. The molecule has 0 N–H and O–H groups in total. The van der Waals surface area contributed by atoms with Crippen LogP contribution < -0.4 is 5.56 Å². The van der Waals surface area contributed by atoms with E-state index in [4.69, 9.17) is 23.2 Å². The highest BCUT2D eigenvalue weighted by atomic mass is 35.5. The van der Waals surface area contributed by atoms with Crippen LogP contribution in [0.4, 0.5) is 0 Å². The number of aromatic nitrogens is 4. The van der Waals surface area contributed by atoms with Gasteiger partial charge in [-0.1, -0.05) is 35.3 Å². The first kappa shape index (κ1) is 19.0. The summed E-state index contributed by atoms with van der Waals surface area (Å²) in [4.78, 5) is 13.2. The normalized spacial score (nSPS) is 11.6. The van der Waals surface area contributed by atoms with E-state index in [9.17, 15) is 4.79 Å². The van der Waals surface area contributed by atoms with Crippen molar-refractivity contribution in [3.63, 3.8) is 0 Å². The van der Waals surface area contributed by atoms with E-state index in [0.717, 1.165) is 33.2 Å². The summed E-state index contributed by atoms with van der Waals surface area (Å²) < 4.78 is 5.58. The Morgan fingerprint density at radius 1 is 0.833 bits per heavy atom. The zero-order valence-electron chi connectivity index (χ0n) is 16.6. The van der Waals surface area contributed by atoms with Crippen molar-refractivity contribution < 1.29 is 0 Å². The Labute approximate surface area is 182 Å². The van der Waals surface area contributed by atoms with Crippen LogP contribution in [0.3, 0.4) is 0 Å². The molecule has 0 aliphatic heterocycles. The SMILES string of the molecule is Cn1nccc1-c1ccc2c(c1)c1cc(-c3ccc(Cl)cc3Cl)c(=O)n(C)c1n2C. The molecule has 0 radical (unpaired) electrons. The summed E-state index contributed by atoms with van der Waals surface area (Å²) in [6, 6.07) is 15.4. The van der Waals surface area contributed by atoms with Gasteiger partial charge >= 0.3 is 0 Å². The van der Waals surface area contributed by atoms with E-state index in [0.29, 0.717) is 21.2 Å². The fraction of sp³-hybridized carbons (Fsp3) is 0.130.